The normalized spacial score (nSPS) is 27.8. The van der Waals surface area contributed by atoms with Gasteiger partial charge in [-0.3, -0.25) is 4.90 Å². The average molecular weight is 379 g/mol. The molecule has 138 valence electrons. The second-order valence-electron chi connectivity index (χ2n) is 7.86. The highest BCUT2D eigenvalue weighted by atomic mass is 35.5. The summed E-state index contributed by atoms with van der Waals surface area (Å²) >= 11 is 6.13. The molecule has 2 bridgehead atoms. The van der Waals surface area contributed by atoms with E-state index in [-0.39, 0.29) is 0 Å². The van der Waals surface area contributed by atoms with Gasteiger partial charge in [-0.25, -0.2) is 0 Å². The Morgan fingerprint density at radius 1 is 1.04 bits per heavy atom. The molecule has 0 radical (unpaired) electrons. The molecule has 2 aliphatic heterocycles. The van der Waals surface area contributed by atoms with Crippen LogP contribution in [0.25, 0.3) is 11.3 Å². The topological polar surface area (TPSA) is 29.3 Å². The minimum Gasteiger partial charge on any atom is -0.360 e. The Morgan fingerprint density at radius 2 is 1.81 bits per heavy atom. The van der Waals surface area contributed by atoms with E-state index in [9.17, 15) is 0 Å². The second kappa shape index (κ2) is 6.81. The van der Waals surface area contributed by atoms with E-state index >= 15 is 0 Å². The number of fused-ring (bicyclic) bond motifs is 2. The molecule has 4 heteroatoms. The smallest absolute Gasteiger partial charge is 0.142 e. The Labute approximate surface area is 164 Å². The maximum Gasteiger partial charge on any atom is 0.142 e. The standard InChI is InChI=1S/C23H23ClN2O/c1-26-18-11-12-21(26)23(19(13-18)15-7-9-17(24)10-8-15)22-14-20(25-27-22)16-5-3-2-4-6-16/h2-10,14,18-19,21,23H,11-13H2,1H3/t18?,19-,21?,23?/m1/s1. The number of rotatable bonds is 3. The molecule has 2 saturated heterocycles. The molecule has 2 fully saturated rings. The Bertz CT molecular complexity index is 921. The van der Waals surface area contributed by atoms with E-state index in [0.29, 0.717) is 23.9 Å². The number of piperidine rings is 1. The van der Waals surface area contributed by atoms with Crippen LogP contribution in [0.4, 0.5) is 0 Å². The summed E-state index contributed by atoms with van der Waals surface area (Å²) in [6.45, 7) is 0. The summed E-state index contributed by atoms with van der Waals surface area (Å²) in [7, 11) is 2.27. The first-order valence-electron chi connectivity index (χ1n) is 9.70. The van der Waals surface area contributed by atoms with E-state index in [2.05, 4.69) is 47.4 Å². The lowest BCUT2D eigenvalue weighted by molar-refractivity contribution is 0.122. The molecule has 5 rings (SSSR count). The zero-order valence-corrected chi connectivity index (χ0v) is 16.1. The summed E-state index contributed by atoms with van der Waals surface area (Å²) < 4.78 is 5.93. The predicted octanol–water partition coefficient (Wildman–Crippen LogP) is 5.73. The van der Waals surface area contributed by atoms with Crippen LogP contribution >= 0.6 is 11.6 Å². The van der Waals surface area contributed by atoms with E-state index in [0.717, 1.165) is 28.5 Å². The first-order chi connectivity index (χ1) is 13.2. The van der Waals surface area contributed by atoms with Crippen LogP contribution in [0.5, 0.6) is 0 Å². The average Bonchev–Trinajstić information content (AvgIpc) is 3.26. The van der Waals surface area contributed by atoms with Gasteiger partial charge in [-0.2, -0.15) is 0 Å². The number of hydrogen-bond donors (Lipinski definition) is 0. The third-order valence-corrected chi connectivity index (χ3v) is 6.75. The van der Waals surface area contributed by atoms with E-state index in [1.165, 1.54) is 18.4 Å². The van der Waals surface area contributed by atoms with Gasteiger partial charge in [-0.15, -0.1) is 0 Å². The van der Waals surface area contributed by atoms with Crippen molar-refractivity contribution in [3.05, 3.63) is 77.0 Å². The van der Waals surface area contributed by atoms with Crippen LogP contribution < -0.4 is 0 Å². The molecule has 0 aliphatic carbocycles. The van der Waals surface area contributed by atoms with Crippen molar-refractivity contribution in [1.29, 1.82) is 0 Å². The number of aromatic nitrogens is 1. The molecular weight excluding hydrogens is 356 g/mol. The molecule has 3 nitrogen and oxygen atoms in total. The highest BCUT2D eigenvalue weighted by Gasteiger charge is 2.48. The van der Waals surface area contributed by atoms with Gasteiger partial charge in [-0.1, -0.05) is 59.2 Å². The highest BCUT2D eigenvalue weighted by molar-refractivity contribution is 6.30. The number of nitrogens with zero attached hydrogens (tertiary/aromatic N) is 2. The van der Waals surface area contributed by atoms with Crippen LogP contribution in [0.1, 0.15) is 42.4 Å². The van der Waals surface area contributed by atoms with Crippen LogP contribution in [0.3, 0.4) is 0 Å². The lowest BCUT2D eigenvalue weighted by Gasteiger charge is -2.42. The van der Waals surface area contributed by atoms with Gasteiger partial charge in [0.25, 0.3) is 0 Å². The van der Waals surface area contributed by atoms with Crippen LogP contribution in [0.15, 0.2) is 65.2 Å². The van der Waals surface area contributed by atoms with Gasteiger partial charge in [-0.05, 0) is 49.9 Å². The van der Waals surface area contributed by atoms with Gasteiger partial charge >= 0.3 is 0 Å². The van der Waals surface area contributed by atoms with Gasteiger partial charge in [0.05, 0.1) is 0 Å². The molecule has 0 N–H and O–H groups in total. The van der Waals surface area contributed by atoms with Crippen molar-refractivity contribution >= 4 is 11.6 Å². The molecule has 4 atom stereocenters. The first kappa shape index (κ1) is 17.0. The van der Waals surface area contributed by atoms with Crippen molar-refractivity contribution in [2.24, 2.45) is 0 Å². The minimum absolute atomic E-state index is 0.319. The molecule has 0 saturated carbocycles. The lowest BCUT2D eigenvalue weighted by Crippen LogP contribution is -2.44. The molecule has 3 aromatic rings. The summed E-state index contributed by atoms with van der Waals surface area (Å²) in [6, 6.07) is 21.9. The van der Waals surface area contributed by atoms with Crippen LogP contribution in [-0.4, -0.2) is 29.2 Å². The Morgan fingerprint density at radius 3 is 2.59 bits per heavy atom. The third-order valence-electron chi connectivity index (χ3n) is 6.49. The van der Waals surface area contributed by atoms with Crippen LogP contribution in [-0.2, 0) is 0 Å². The molecule has 0 amide bonds. The van der Waals surface area contributed by atoms with E-state index in [1.54, 1.807) is 0 Å². The first-order valence-corrected chi connectivity index (χ1v) is 10.1. The maximum atomic E-state index is 6.13. The van der Waals surface area contributed by atoms with Gasteiger partial charge < -0.3 is 4.52 Å². The summed E-state index contributed by atoms with van der Waals surface area (Å²) in [5, 5.41) is 5.19. The number of hydrogen-bond acceptors (Lipinski definition) is 3. The minimum atomic E-state index is 0.319. The van der Waals surface area contributed by atoms with Crippen LogP contribution in [0, 0.1) is 0 Å². The number of halogens is 1. The van der Waals surface area contributed by atoms with Crippen molar-refractivity contribution < 1.29 is 4.52 Å². The number of likely N-dealkylation sites (N-methyl/N-ethyl adjacent to an activating group) is 1. The quantitative estimate of drug-likeness (QED) is 0.582. The number of benzene rings is 2. The summed E-state index contributed by atoms with van der Waals surface area (Å²) in [5.41, 5.74) is 3.37. The zero-order valence-electron chi connectivity index (χ0n) is 15.4. The Balaban J connectivity index is 1.54. The zero-order chi connectivity index (χ0) is 18.4. The van der Waals surface area contributed by atoms with Crippen molar-refractivity contribution in [2.75, 3.05) is 7.05 Å². The predicted molar refractivity (Wildman–Crippen MR) is 108 cm³/mol. The van der Waals surface area contributed by atoms with E-state index in [1.807, 2.05) is 30.3 Å². The monoisotopic (exact) mass is 378 g/mol. The van der Waals surface area contributed by atoms with Gasteiger partial charge in [0.1, 0.15) is 11.5 Å². The van der Waals surface area contributed by atoms with Gasteiger partial charge in [0.15, 0.2) is 0 Å². The molecule has 0 spiro atoms. The fourth-order valence-corrected chi connectivity index (χ4v) is 5.22. The van der Waals surface area contributed by atoms with Crippen molar-refractivity contribution in [2.45, 2.75) is 43.2 Å². The lowest BCUT2D eigenvalue weighted by atomic mass is 9.75. The molecule has 27 heavy (non-hydrogen) atoms. The Hall–Kier alpha value is -2.10. The molecule has 3 unspecified atom stereocenters. The SMILES string of the molecule is CN1C2CCC1C(c1cc(-c3ccccc3)no1)[C@@H](c1ccc(Cl)cc1)C2. The van der Waals surface area contributed by atoms with Crippen LogP contribution in [0.2, 0.25) is 5.02 Å². The summed E-state index contributed by atoms with van der Waals surface area (Å²) in [4.78, 5) is 2.56. The van der Waals surface area contributed by atoms with E-state index < -0.39 is 0 Å². The fourth-order valence-electron chi connectivity index (χ4n) is 5.10. The van der Waals surface area contributed by atoms with Gasteiger partial charge in [0, 0.05) is 34.7 Å². The largest absolute Gasteiger partial charge is 0.360 e. The molecular formula is C23H23ClN2O. The Kier molecular flexibility index (Phi) is 4.30. The third kappa shape index (κ3) is 2.99. The highest BCUT2D eigenvalue weighted by Crippen LogP contribution is 2.51. The fraction of sp³-hybridized carbons (Fsp3) is 0.348. The molecule has 2 aromatic carbocycles. The summed E-state index contributed by atoms with van der Waals surface area (Å²) in [5.74, 6) is 1.76. The molecule has 1 aromatic heterocycles. The van der Waals surface area contributed by atoms with E-state index in [4.69, 9.17) is 16.1 Å². The van der Waals surface area contributed by atoms with Crippen molar-refractivity contribution in [3.63, 3.8) is 0 Å². The van der Waals surface area contributed by atoms with Gasteiger partial charge in [0.2, 0.25) is 0 Å². The second-order valence-corrected chi connectivity index (χ2v) is 8.30. The van der Waals surface area contributed by atoms with Crippen molar-refractivity contribution in [1.82, 2.24) is 10.1 Å². The molecule has 3 heterocycles. The molecule has 2 aliphatic rings. The summed E-state index contributed by atoms with van der Waals surface area (Å²) in [6.07, 6.45) is 3.64. The maximum absolute atomic E-state index is 6.13. The van der Waals surface area contributed by atoms with Crippen molar-refractivity contribution in [3.8, 4) is 11.3 Å².